The lowest BCUT2D eigenvalue weighted by Gasteiger charge is -2.40. The van der Waals surface area contributed by atoms with E-state index in [0.717, 1.165) is 80.4 Å². The molecule has 0 bridgehead atoms. The van der Waals surface area contributed by atoms with Gasteiger partial charge in [0, 0.05) is 31.8 Å². The van der Waals surface area contributed by atoms with Crippen molar-refractivity contribution >= 4 is 28.9 Å². The number of allylic oxidation sites excluding steroid dienone is 5. The summed E-state index contributed by atoms with van der Waals surface area (Å²) in [5.74, 6) is 1.89. The van der Waals surface area contributed by atoms with Crippen LogP contribution in [-0.4, -0.2) is 35.8 Å². The zero-order valence-corrected chi connectivity index (χ0v) is 27.0. The molecule has 2 aliphatic heterocycles. The molecule has 1 aromatic carbocycles. The van der Waals surface area contributed by atoms with E-state index in [-0.39, 0.29) is 5.91 Å². The van der Waals surface area contributed by atoms with Gasteiger partial charge in [0.1, 0.15) is 5.84 Å². The number of piperidine rings is 1. The van der Waals surface area contributed by atoms with Crippen molar-refractivity contribution < 1.29 is 4.79 Å². The molecular weight excluding hydrogens is 538 g/mol. The quantitative estimate of drug-likeness (QED) is 0.291. The van der Waals surface area contributed by atoms with Crippen LogP contribution in [0.2, 0.25) is 0 Å². The van der Waals surface area contributed by atoms with Gasteiger partial charge in [-0.15, -0.1) is 0 Å². The van der Waals surface area contributed by atoms with Crippen LogP contribution in [0.5, 0.6) is 0 Å². The Morgan fingerprint density at radius 1 is 1.21 bits per heavy atom. The van der Waals surface area contributed by atoms with Gasteiger partial charge >= 0.3 is 0 Å². The predicted octanol–water partition coefficient (Wildman–Crippen LogP) is 9.51. The third kappa shape index (κ3) is 8.96. The SMILES string of the molecule is C=CC(=O)N1CCC(CC[C@@]2(C)CCC[C@@H](N/C3=N/C=C(Cl)\C(C(=C\CCC)\c4ccccc4C)=C/CCC3)C2)CC1. The summed E-state index contributed by atoms with van der Waals surface area (Å²) >= 11 is 7.00. The number of likely N-dealkylation sites (tertiary alicyclic amines) is 1. The minimum absolute atomic E-state index is 0.0808. The fourth-order valence-electron chi connectivity index (χ4n) is 7.04. The highest BCUT2D eigenvalue weighted by molar-refractivity contribution is 6.33. The van der Waals surface area contributed by atoms with Crippen molar-refractivity contribution in [3.8, 4) is 0 Å². The number of rotatable bonds is 9. The summed E-state index contributed by atoms with van der Waals surface area (Å²) in [6.07, 6.45) is 22.8. The fraction of sp³-hybridized carbons (Fsp3) is 0.568. The van der Waals surface area contributed by atoms with Crippen molar-refractivity contribution in [2.24, 2.45) is 16.3 Å². The van der Waals surface area contributed by atoms with Crippen LogP contribution in [0, 0.1) is 18.3 Å². The number of unbranched alkanes of at least 4 members (excludes halogenated alkanes) is 1. The normalized spacial score (nSPS) is 28.2. The van der Waals surface area contributed by atoms with Crippen molar-refractivity contribution in [2.45, 2.75) is 110 Å². The Morgan fingerprint density at radius 3 is 2.74 bits per heavy atom. The van der Waals surface area contributed by atoms with Gasteiger partial charge in [-0.3, -0.25) is 4.79 Å². The maximum Gasteiger partial charge on any atom is 0.245 e. The number of carbonyl (C=O) groups is 1. The monoisotopic (exact) mass is 589 g/mol. The number of amidine groups is 1. The van der Waals surface area contributed by atoms with Gasteiger partial charge in [0.05, 0.1) is 5.03 Å². The Kier molecular flexibility index (Phi) is 12.1. The van der Waals surface area contributed by atoms with Gasteiger partial charge in [0.15, 0.2) is 0 Å². The van der Waals surface area contributed by atoms with Gasteiger partial charge in [-0.1, -0.05) is 81.3 Å². The second-order valence-electron chi connectivity index (χ2n) is 13.0. The molecule has 0 spiro atoms. The van der Waals surface area contributed by atoms with Crippen LogP contribution in [0.25, 0.3) is 5.57 Å². The summed E-state index contributed by atoms with van der Waals surface area (Å²) in [6.45, 7) is 12.3. The number of carbonyl (C=O) groups excluding carboxylic acids is 1. The number of halogens is 1. The van der Waals surface area contributed by atoms with Crippen LogP contribution in [0.3, 0.4) is 0 Å². The topological polar surface area (TPSA) is 44.7 Å². The first-order valence-electron chi connectivity index (χ1n) is 16.4. The molecule has 1 N–H and O–H groups in total. The third-order valence-corrected chi connectivity index (χ3v) is 9.92. The highest BCUT2D eigenvalue weighted by Crippen LogP contribution is 2.42. The van der Waals surface area contributed by atoms with Crippen LogP contribution in [-0.2, 0) is 4.79 Å². The molecule has 4 nitrogen and oxygen atoms in total. The fourth-order valence-corrected chi connectivity index (χ4v) is 7.27. The standard InChI is InChI=1S/C37H52ClN3O/c1-5-7-15-32(31-16-9-8-13-28(31)3)33-17-10-11-18-35(39-27-34(33)38)40-30-14-12-22-37(4,26-30)23-19-29-20-24-41(25-21-29)36(42)6-2/h6,8-9,13,15-17,27,29-30H,2,5,7,10-12,14,18-26H2,1,3-4H3,(H,39,40)/b32-15+,33-17-,34-27+/t30-,37-/m1/s1. The van der Waals surface area contributed by atoms with Crippen molar-refractivity contribution in [3.05, 3.63) is 77.0 Å². The number of nitrogens with zero attached hydrogens (tertiary/aromatic N) is 2. The number of aliphatic imine (C=N–C) groups is 1. The van der Waals surface area contributed by atoms with Gasteiger partial charge in [0.2, 0.25) is 5.91 Å². The molecule has 1 saturated heterocycles. The smallest absolute Gasteiger partial charge is 0.245 e. The molecule has 228 valence electrons. The summed E-state index contributed by atoms with van der Waals surface area (Å²) in [6, 6.07) is 9.05. The van der Waals surface area contributed by atoms with E-state index < -0.39 is 0 Å². The molecule has 2 heterocycles. The number of hydrogen-bond acceptors (Lipinski definition) is 3. The lowest BCUT2D eigenvalue weighted by atomic mass is 9.69. The molecule has 1 saturated carbocycles. The van der Waals surface area contributed by atoms with E-state index in [2.05, 4.69) is 69.1 Å². The minimum Gasteiger partial charge on any atom is -0.371 e. The molecule has 1 amide bonds. The van der Waals surface area contributed by atoms with E-state index in [1.165, 1.54) is 61.3 Å². The molecule has 0 unspecified atom stereocenters. The largest absolute Gasteiger partial charge is 0.371 e. The van der Waals surface area contributed by atoms with Crippen molar-refractivity contribution in [1.29, 1.82) is 0 Å². The summed E-state index contributed by atoms with van der Waals surface area (Å²) in [7, 11) is 0. The first kappa shape index (κ1) is 32.3. The number of benzene rings is 1. The van der Waals surface area contributed by atoms with E-state index >= 15 is 0 Å². The van der Waals surface area contributed by atoms with Crippen LogP contribution >= 0.6 is 11.6 Å². The maximum atomic E-state index is 11.9. The molecule has 5 heteroatoms. The van der Waals surface area contributed by atoms with Crippen molar-refractivity contribution in [1.82, 2.24) is 10.2 Å². The van der Waals surface area contributed by atoms with E-state index in [0.29, 0.717) is 11.5 Å². The summed E-state index contributed by atoms with van der Waals surface area (Å²) in [5.41, 5.74) is 5.21. The Labute approximate surface area is 260 Å². The van der Waals surface area contributed by atoms with E-state index in [4.69, 9.17) is 16.6 Å². The Balaban J connectivity index is 1.39. The molecule has 0 aromatic heterocycles. The van der Waals surface area contributed by atoms with Gasteiger partial charge in [-0.2, -0.15) is 0 Å². The van der Waals surface area contributed by atoms with E-state index in [9.17, 15) is 4.79 Å². The van der Waals surface area contributed by atoms with Gasteiger partial charge < -0.3 is 10.2 Å². The van der Waals surface area contributed by atoms with Crippen molar-refractivity contribution in [3.63, 3.8) is 0 Å². The molecule has 1 aliphatic carbocycles. The first-order chi connectivity index (χ1) is 20.3. The zero-order chi connectivity index (χ0) is 30.0. The zero-order valence-electron chi connectivity index (χ0n) is 26.3. The number of aryl methyl sites for hydroxylation is 1. The second-order valence-corrected chi connectivity index (χ2v) is 13.5. The van der Waals surface area contributed by atoms with E-state index in [1.807, 2.05) is 11.1 Å². The highest BCUT2D eigenvalue weighted by Gasteiger charge is 2.33. The van der Waals surface area contributed by atoms with Crippen LogP contribution in [0.15, 0.2) is 70.9 Å². The molecule has 0 radical (unpaired) electrons. The summed E-state index contributed by atoms with van der Waals surface area (Å²) in [5, 5.41) is 4.58. The second kappa shape index (κ2) is 15.8. The van der Waals surface area contributed by atoms with Crippen LogP contribution < -0.4 is 5.32 Å². The summed E-state index contributed by atoms with van der Waals surface area (Å²) in [4.78, 5) is 18.8. The predicted molar refractivity (Wildman–Crippen MR) is 180 cm³/mol. The lowest BCUT2D eigenvalue weighted by molar-refractivity contribution is -0.127. The Hall–Kier alpha value is -2.59. The Bertz CT molecular complexity index is 1200. The molecular formula is C37H52ClN3O. The molecule has 3 aliphatic rings. The first-order valence-corrected chi connectivity index (χ1v) is 16.8. The molecule has 2 atom stereocenters. The lowest BCUT2D eigenvalue weighted by Crippen LogP contribution is -2.42. The number of nitrogens with one attached hydrogen (secondary N) is 1. The molecule has 1 aromatic rings. The van der Waals surface area contributed by atoms with Gasteiger partial charge in [0.25, 0.3) is 0 Å². The molecule has 42 heavy (non-hydrogen) atoms. The molecule has 4 rings (SSSR count). The van der Waals surface area contributed by atoms with Crippen LogP contribution in [0.4, 0.5) is 0 Å². The minimum atomic E-state index is 0.0808. The van der Waals surface area contributed by atoms with Crippen LogP contribution in [0.1, 0.15) is 108 Å². The average Bonchev–Trinajstić information content (AvgIpc) is 3.08. The average molecular weight is 590 g/mol. The van der Waals surface area contributed by atoms with Gasteiger partial charge in [-0.05, 0) is 111 Å². The van der Waals surface area contributed by atoms with Crippen molar-refractivity contribution in [2.75, 3.05) is 13.1 Å². The molecule has 2 fully saturated rings. The van der Waals surface area contributed by atoms with Gasteiger partial charge in [-0.25, -0.2) is 4.99 Å². The highest BCUT2D eigenvalue weighted by atomic mass is 35.5. The number of amides is 1. The maximum absolute atomic E-state index is 11.9. The third-order valence-electron chi connectivity index (χ3n) is 9.62. The Morgan fingerprint density at radius 2 is 2.00 bits per heavy atom. The summed E-state index contributed by atoms with van der Waals surface area (Å²) < 4.78 is 0. The number of hydrogen-bond donors (Lipinski definition) is 1. The van der Waals surface area contributed by atoms with E-state index in [1.54, 1.807) is 0 Å².